The summed E-state index contributed by atoms with van der Waals surface area (Å²) in [5.41, 5.74) is 0. The van der Waals surface area contributed by atoms with Gasteiger partial charge in [-0.15, -0.1) is 35.3 Å². The van der Waals surface area contributed by atoms with Crippen LogP contribution in [0.4, 0.5) is 0 Å². The van der Waals surface area contributed by atoms with E-state index in [1.165, 1.54) is 24.3 Å². The Balaban J connectivity index is 0.00000420. The third-order valence-electron chi connectivity index (χ3n) is 5.36. The van der Waals surface area contributed by atoms with Crippen molar-refractivity contribution in [3.8, 4) is 0 Å². The second-order valence-corrected chi connectivity index (χ2v) is 8.62. The Kier molecular flexibility index (Phi) is 14.1. The highest BCUT2D eigenvalue weighted by Gasteiger charge is 2.31. The molecule has 0 aromatic carbocycles. The Morgan fingerprint density at radius 3 is 2.90 bits per heavy atom. The van der Waals surface area contributed by atoms with E-state index in [0.717, 1.165) is 51.7 Å². The molecule has 6 nitrogen and oxygen atoms in total. The molecule has 168 valence electrons. The Morgan fingerprint density at radius 1 is 1.38 bits per heavy atom. The Morgan fingerprint density at radius 2 is 2.21 bits per heavy atom. The van der Waals surface area contributed by atoms with Gasteiger partial charge in [-0.3, -0.25) is 9.89 Å². The maximum Gasteiger partial charge on any atom is 0.191 e. The fourth-order valence-corrected chi connectivity index (χ4v) is 4.81. The third-order valence-corrected chi connectivity index (χ3v) is 6.30. The number of methoxy groups -OCH3 is 1. The molecule has 2 unspecified atom stereocenters. The van der Waals surface area contributed by atoms with Crippen LogP contribution < -0.4 is 10.6 Å². The van der Waals surface area contributed by atoms with E-state index in [-0.39, 0.29) is 24.0 Å². The average Bonchev–Trinajstić information content (AvgIpc) is 3.21. The molecule has 2 heterocycles. The molecule has 2 atom stereocenters. The van der Waals surface area contributed by atoms with Crippen LogP contribution in [0.3, 0.4) is 0 Å². The summed E-state index contributed by atoms with van der Waals surface area (Å²) in [5.74, 6) is 1.52. The molecule has 0 aliphatic carbocycles. The molecule has 29 heavy (non-hydrogen) atoms. The van der Waals surface area contributed by atoms with Crippen LogP contribution in [0.15, 0.2) is 22.5 Å². The number of nitrogens with one attached hydrogen (secondary N) is 2. The minimum absolute atomic E-state index is 0. The topological polar surface area (TPSA) is 52.1 Å². The van der Waals surface area contributed by atoms with Gasteiger partial charge in [0.05, 0.1) is 6.61 Å². The van der Waals surface area contributed by atoms with E-state index < -0.39 is 0 Å². The van der Waals surface area contributed by atoms with Crippen molar-refractivity contribution in [3.05, 3.63) is 22.4 Å². The molecule has 1 saturated heterocycles. The Hall–Kier alpha value is -0.420. The van der Waals surface area contributed by atoms with Gasteiger partial charge < -0.3 is 20.3 Å². The van der Waals surface area contributed by atoms with Crippen LogP contribution in [-0.2, 0) is 4.74 Å². The normalized spacial score (nSPS) is 20.5. The molecule has 1 fully saturated rings. The zero-order valence-electron chi connectivity index (χ0n) is 18.5. The molecule has 8 heteroatoms. The summed E-state index contributed by atoms with van der Waals surface area (Å²) in [6.45, 7) is 8.82. The van der Waals surface area contributed by atoms with Crippen LogP contribution in [0.5, 0.6) is 0 Å². The molecule has 0 amide bonds. The van der Waals surface area contributed by atoms with Crippen LogP contribution in [0.2, 0.25) is 0 Å². The quantitative estimate of drug-likeness (QED) is 0.197. The van der Waals surface area contributed by atoms with Gasteiger partial charge in [0.15, 0.2) is 5.96 Å². The molecule has 0 bridgehead atoms. The highest BCUT2D eigenvalue weighted by Crippen LogP contribution is 2.37. The number of hydrogen-bond acceptors (Lipinski definition) is 5. The smallest absolute Gasteiger partial charge is 0.191 e. The van der Waals surface area contributed by atoms with Crippen molar-refractivity contribution in [2.24, 2.45) is 10.9 Å². The lowest BCUT2D eigenvalue weighted by Crippen LogP contribution is -2.40. The van der Waals surface area contributed by atoms with E-state index in [4.69, 9.17) is 9.73 Å². The summed E-state index contributed by atoms with van der Waals surface area (Å²) in [5, 5.41) is 9.09. The van der Waals surface area contributed by atoms with E-state index >= 15 is 0 Å². The zero-order chi connectivity index (χ0) is 20.2. The lowest BCUT2D eigenvalue weighted by atomic mass is 9.88. The van der Waals surface area contributed by atoms with E-state index in [0.29, 0.717) is 12.0 Å². The Labute approximate surface area is 198 Å². The summed E-state index contributed by atoms with van der Waals surface area (Å²) in [4.78, 5) is 11.2. The molecular weight excluding hydrogens is 497 g/mol. The predicted octanol–water partition coefficient (Wildman–Crippen LogP) is 3.27. The molecular formula is C21H40IN5OS. The first-order valence-corrected chi connectivity index (χ1v) is 11.5. The van der Waals surface area contributed by atoms with E-state index in [2.05, 4.69) is 59.0 Å². The van der Waals surface area contributed by atoms with E-state index in [9.17, 15) is 0 Å². The molecule has 1 aromatic rings. The molecule has 1 aliphatic heterocycles. The lowest BCUT2D eigenvalue weighted by molar-refractivity contribution is 0.128. The first-order valence-electron chi connectivity index (χ1n) is 10.6. The van der Waals surface area contributed by atoms with Crippen LogP contribution in [0.1, 0.15) is 37.1 Å². The molecule has 2 rings (SSSR count). The number of likely N-dealkylation sites (N-methyl/N-ethyl adjacent to an activating group) is 1. The van der Waals surface area contributed by atoms with Crippen molar-refractivity contribution in [1.82, 2.24) is 20.4 Å². The monoisotopic (exact) mass is 537 g/mol. The fraction of sp³-hybridized carbons (Fsp3) is 0.762. The van der Waals surface area contributed by atoms with Crippen LogP contribution >= 0.6 is 35.3 Å². The maximum absolute atomic E-state index is 5.13. The number of thiophene rings is 1. The molecule has 0 saturated carbocycles. The zero-order valence-corrected chi connectivity index (χ0v) is 21.7. The maximum atomic E-state index is 5.13. The standard InChI is InChI=1S/C21H39N5OS.HI/c1-5-22-21(23-11-8-12-25(2)14-15-27-4)24-17-18-9-6-13-26(3)20(18)19-10-7-16-28-19;/h7,10,16,18,20H,5-6,8-9,11-15,17H2,1-4H3,(H2,22,23,24);1H. The van der Waals surface area contributed by atoms with Crippen molar-refractivity contribution in [2.75, 3.05) is 67.1 Å². The number of ether oxygens (including phenoxy) is 1. The lowest BCUT2D eigenvalue weighted by Gasteiger charge is -2.38. The molecule has 2 N–H and O–H groups in total. The van der Waals surface area contributed by atoms with Gasteiger partial charge in [-0.1, -0.05) is 6.07 Å². The van der Waals surface area contributed by atoms with Crippen LogP contribution in [0.25, 0.3) is 0 Å². The summed E-state index contributed by atoms with van der Waals surface area (Å²) in [7, 11) is 6.15. The van der Waals surface area contributed by atoms with Gasteiger partial charge >= 0.3 is 0 Å². The molecule has 0 spiro atoms. The minimum Gasteiger partial charge on any atom is -0.383 e. The van der Waals surface area contributed by atoms with Gasteiger partial charge in [-0.2, -0.15) is 0 Å². The average molecular weight is 538 g/mol. The SMILES string of the molecule is CCNC(=NCC1CCCN(C)C1c1cccs1)NCCCN(C)CCOC.I. The van der Waals surface area contributed by atoms with Crippen molar-refractivity contribution >= 4 is 41.3 Å². The van der Waals surface area contributed by atoms with Gasteiger partial charge in [0.2, 0.25) is 0 Å². The van der Waals surface area contributed by atoms with Crippen molar-refractivity contribution in [1.29, 1.82) is 0 Å². The van der Waals surface area contributed by atoms with Crippen LogP contribution in [0, 0.1) is 5.92 Å². The highest BCUT2D eigenvalue weighted by atomic mass is 127. The van der Waals surface area contributed by atoms with Crippen molar-refractivity contribution < 1.29 is 4.74 Å². The second kappa shape index (κ2) is 15.4. The summed E-state index contributed by atoms with van der Waals surface area (Å²) in [6, 6.07) is 4.94. The summed E-state index contributed by atoms with van der Waals surface area (Å²) in [6.07, 6.45) is 3.60. The van der Waals surface area contributed by atoms with E-state index in [1.54, 1.807) is 7.11 Å². The van der Waals surface area contributed by atoms with Gasteiger partial charge in [0, 0.05) is 44.2 Å². The van der Waals surface area contributed by atoms with Crippen LogP contribution in [-0.4, -0.2) is 82.8 Å². The molecule has 1 aliphatic rings. The Bertz CT molecular complexity index is 557. The summed E-state index contributed by atoms with van der Waals surface area (Å²) < 4.78 is 5.13. The number of likely N-dealkylation sites (tertiary alicyclic amines) is 1. The highest BCUT2D eigenvalue weighted by molar-refractivity contribution is 14.0. The largest absolute Gasteiger partial charge is 0.383 e. The first-order chi connectivity index (χ1) is 13.7. The van der Waals surface area contributed by atoms with Crippen molar-refractivity contribution in [3.63, 3.8) is 0 Å². The van der Waals surface area contributed by atoms with Gasteiger partial charge in [0.1, 0.15) is 0 Å². The number of nitrogens with zero attached hydrogens (tertiary/aromatic N) is 3. The van der Waals surface area contributed by atoms with Crippen molar-refractivity contribution in [2.45, 2.75) is 32.2 Å². The minimum atomic E-state index is 0. The molecule has 1 aromatic heterocycles. The summed E-state index contributed by atoms with van der Waals surface area (Å²) >= 11 is 1.87. The first kappa shape index (κ1) is 26.6. The van der Waals surface area contributed by atoms with Gasteiger partial charge in [-0.25, -0.2) is 0 Å². The number of halogens is 1. The van der Waals surface area contributed by atoms with Gasteiger partial charge in [-0.05, 0) is 70.7 Å². The van der Waals surface area contributed by atoms with E-state index in [1.807, 2.05) is 11.3 Å². The number of hydrogen-bond donors (Lipinski definition) is 2. The fourth-order valence-electron chi connectivity index (χ4n) is 3.82. The number of guanidine groups is 1. The molecule has 0 radical (unpaired) electrons. The number of rotatable bonds is 11. The van der Waals surface area contributed by atoms with Gasteiger partial charge in [0.25, 0.3) is 0 Å². The number of aliphatic imine (C=N–C) groups is 1. The third kappa shape index (κ3) is 9.50. The second-order valence-electron chi connectivity index (χ2n) is 7.64. The number of piperidine rings is 1. The predicted molar refractivity (Wildman–Crippen MR) is 136 cm³/mol.